The Balaban J connectivity index is 1.63. The number of ether oxygens (including phenoxy) is 2. The second-order valence-electron chi connectivity index (χ2n) is 7.05. The summed E-state index contributed by atoms with van der Waals surface area (Å²) in [6.07, 6.45) is 8.70. The van der Waals surface area contributed by atoms with Crippen LogP contribution < -0.4 is 5.32 Å². The van der Waals surface area contributed by atoms with Crippen molar-refractivity contribution in [3.8, 4) is 0 Å². The van der Waals surface area contributed by atoms with E-state index in [-0.39, 0.29) is 6.61 Å². The topological polar surface area (TPSA) is 94.6 Å². The average molecular weight is 429 g/mol. The van der Waals surface area contributed by atoms with Crippen LogP contribution in [0.15, 0.2) is 30.6 Å². The van der Waals surface area contributed by atoms with Gasteiger partial charge in [-0.1, -0.05) is 6.92 Å². The minimum Gasteiger partial charge on any atom is -0.462 e. The van der Waals surface area contributed by atoms with Crippen molar-refractivity contribution in [2.45, 2.75) is 33.1 Å². The van der Waals surface area contributed by atoms with Gasteiger partial charge in [0.2, 0.25) is 0 Å². The first kappa shape index (κ1) is 21.7. The molecule has 7 nitrogen and oxygen atoms in total. The summed E-state index contributed by atoms with van der Waals surface area (Å²) in [6, 6.07) is 3.49. The number of anilines is 1. The van der Waals surface area contributed by atoms with Gasteiger partial charge in [0.1, 0.15) is 5.00 Å². The second-order valence-corrected chi connectivity index (χ2v) is 8.15. The van der Waals surface area contributed by atoms with Crippen LogP contribution in [0.4, 0.5) is 5.00 Å². The van der Waals surface area contributed by atoms with E-state index in [0.29, 0.717) is 16.5 Å². The smallest absolute Gasteiger partial charge is 0.341 e. The third-order valence-electron chi connectivity index (χ3n) is 4.71. The van der Waals surface area contributed by atoms with Crippen LogP contribution >= 0.6 is 11.3 Å². The summed E-state index contributed by atoms with van der Waals surface area (Å²) >= 11 is 1.40. The predicted octanol–water partition coefficient (Wildman–Crippen LogP) is 3.64. The highest BCUT2D eigenvalue weighted by molar-refractivity contribution is 7.17. The molecule has 0 radical (unpaired) electrons. The van der Waals surface area contributed by atoms with Crippen molar-refractivity contribution in [2.75, 3.05) is 18.5 Å². The molecule has 0 fully saturated rings. The number of pyridine rings is 1. The van der Waals surface area contributed by atoms with Crippen molar-refractivity contribution >= 4 is 40.3 Å². The summed E-state index contributed by atoms with van der Waals surface area (Å²) in [5.74, 6) is -1.04. The van der Waals surface area contributed by atoms with Crippen LogP contribution in [0.2, 0.25) is 0 Å². The lowest BCUT2D eigenvalue weighted by Crippen LogP contribution is -2.21. The van der Waals surface area contributed by atoms with Gasteiger partial charge in [-0.15, -0.1) is 11.3 Å². The van der Waals surface area contributed by atoms with E-state index in [1.54, 1.807) is 37.5 Å². The molecule has 1 amide bonds. The van der Waals surface area contributed by atoms with Gasteiger partial charge in [-0.3, -0.25) is 9.78 Å². The summed E-state index contributed by atoms with van der Waals surface area (Å²) in [5, 5.41) is 3.18. The molecule has 1 N–H and O–H groups in total. The molecule has 0 aliphatic heterocycles. The maximum Gasteiger partial charge on any atom is 0.341 e. The predicted molar refractivity (Wildman–Crippen MR) is 114 cm³/mol. The fourth-order valence-electron chi connectivity index (χ4n) is 3.24. The van der Waals surface area contributed by atoms with Crippen molar-refractivity contribution in [1.29, 1.82) is 0 Å². The van der Waals surface area contributed by atoms with Crippen LogP contribution in [0.3, 0.4) is 0 Å². The van der Waals surface area contributed by atoms with E-state index >= 15 is 0 Å². The van der Waals surface area contributed by atoms with E-state index < -0.39 is 24.5 Å². The Bertz CT molecular complexity index is 952. The molecule has 0 unspecified atom stereocenters. The number of amides is 1. The van der Waals surface area contributed by atoms with Crippen molar-refractivity contribution in [1.82, 2.24) is 4.98 Å². The molecule has 1 atom stereocenters. The number of rotatable bonds is 7. The largest absolute Gasteiger partial charge is 0.462 e. The van der Waals surface area contributed by atoms with Gasteiger partial charge in [-0.25, -0.2) is 9.59 Å². The van der Waals surface area contributed by atoms with Gasteiger partial charge in [0.05, 0.1) is 12.2 Å². The molecular formula is C22H24N2O5S. The Morgan fingerprint density at radius 1 is 1.27 bits per heavy atom. The van der Waals surface area contributed by atoms with E-state index in [1.807, 2.05) is 0 Å². The van der Waals surface area contributed by atoms with Crippen LogP contribution in [0.25, 0.3) is 6.08 Å². The molecule has 2 aromatic rings. The van der Waals surface area contributed by atoms with Crippen molar-refractivity contribution < 1.29 is 23.9 Å². The molecule has 0 saturated heterocycles. The van der Waals surface area contributed by atoms with E-state index in [9.17, 15) is 14.4 Å². The van der Waals surface area contributed by atoms with E-state index in [0.717, 1.165) is 35.3 Å². The number of hydrogen-bond donors (Lipinski definition) is 1. The zero-order valence-electron chi connectivity index (χ0n) is 17.0. The Labute approximate surface area is 179 Å². The quantitative estimate of drug-likeness (QED) is 0.534. The second kappa shape index (κ2) is 10.2. The summed E-state index contributed by atoms with van der Waals surface area (Å²) in [5.41, 5.74) is 2.19. The van der Waals surface area contributed by atoms with Gasteiger partial charge in [0.15, 0.2) is 6.61 Å². The Kier molecular flexibility index (Phi) is 7.35. The van der Waals surface area contributed by atoms with Crippen molar-refractivity contribution in [3.63, 3.8) is 0 Å². The zero-order chi connectivity index (χ0) is 21.5. The number of carbonyl (C=O) groups excluding carboxylic acids is 3. The highest BCUT2D eigenvalue weighted by Crippen LogP contribution is 2.40. The van der Waals surface area contributed by atoms with Gasteiger partial charge < -0.3 is 14.8 Å². The van der Waals surface area contributed by atoms with Crippen molar-refractivity contribution in [2.24, 2.45) is 5.92 Å². The SMILES string of the molecule is CCOC(=O)c1c(NC(=O)COC(=O)/C=C/c2ccncc2)sc2c1CC[C@H](C)C2. The molecule has 0 saturated carbocycles. The molecule has 1 aliphatic rings. The number of carbonyl (C=O) groups is 3. The maximum absolute atomic E-state index is 12.5. The fourth-order valence-corrected chi connectivity index (χ4v) is 4.66. The van der Waals surface area contributed by atoms with E-state index in [4.69, 9.17) is 9.47 Å². The molecule has 158 valence electrons. The molecule has 1 aliphatic carbocycles. The van der Waals surface area contributed by atoms with Crippen LogP contribution in [0, 0.1) is 5.92 Å². The third-order valence-corrected chi connectivity index (χ3v) is 5.88. The molecule has 8 heteroatoms. The van der Waals surface area contributed by atoms with Gasteiger partial charge in [0, 0.05) is 23.3 Å². The Morgan fingerprint density at radius 3 is 2.77 bits per heavy atom. The van der Waals surface area contributed by atoms with Crippen molar-refractivity contribution in [3.05, 3.63) is 52.2 Å². The first-order chi connectivity index (χ1) is 14.5. The van der Waals surface area contributed by atoms with E-state index in [1.165, 1.54) is 17.4 Å². The van der Waals surface area contributed by atoms with Crippen LogP contribution in [0.5, 0.6) is 0 Å². The molecule has 3 rings (SSSR count). The minimum atomic E-state index is -0.633. The number of aromatic nitrogens is 1. The number of fused-ring (bicyclic) bond motifs is 1. The molecule has 2 heterocycles. The molecule has 0 spiro atoms. The highest BCUT2D eigenvalue weighted by atomic mass is 32.1. The summed E-state index contributed by atoms with van der Waals surface area (Å²) in [6.45, 7) is 3.73. The fraction of sp³-hybridized carbons (Fsp3) is 0.364. The molecular weight excluding hydrogens is 404 g/mol. The highest BCUT2D eigenvalue weighted by Gasteiger charge is 2.29. The lowest BCUT2D eigenvalue weighted by molar-refractivity contribution is -0.142. The molecule has 30 heavy (non-hydrogen) atoms. The molecule has 0 aromatic carbocycles. The number of hydrogen-bond acceptors (Lipinski definition) is 7. The van der Waals surface area contributed by atoms with Gasteiger partial charge in [-0.2, -0.15) is 0 Å². The maximum atomic E-state index is 12.5. The summed E-state index contributed by atoms with van der Waals surface area (Å²) in [4.78, 5) is 41.7. The lowest BCUT2D eigenvalue weighted by atomic mass is 9.88. The van der Waals surface area contributed by atoms with Gasteiger partial charge in [0.25, 0.3) is 5.91 Å². The number of nitrogens with one attached hydrogen (secondary N) is 1. The first-order valence-corrected chi connectivity index (χ1v) is 10.7. The molecule has 0 bridgehead atoms. The average Bonchev–Trinajstić information content (AvgIpc) is 3.08. The van der Waals surface area contributed by atoms with E-state index in [2.05, 4.69) is 17.2 Å². The Hall–Kier alpha value is -3.00. The van der Waals surface area contributed by atoms with Crippen LogP contribution in [-0.2, 0) is 31.9 Å². The van der Waals surface area contributed by atoms with Crippen LogP contribution in [-0.4, -0.2) is 36.0 Å². The third kappa shape index (κ3) is 5.54. The minimum absolute atomic E-state index is 0.259. The standard InChI is InChI=1S/C22H24N2O5S/c1-3-28-22(27)20-16-6-4-14(2)12-17(16)30-21(20)24-18(25)13-29-19(26)7-5-15-8-10-23-11-9-15/h5,7-11,14H,3-4,6,12-13H2,1-2H3,(H,24,25)/b7-5+/t14-/m0/s1. The Morgan fingerprint density at radius 2 is 2.03 bits per heavy atom. The number of thiophene rings is 1. The molecule has 2 aromatic heterocycles. The van der Waals surface area contributed by atoms with Crippen LogP contribution in [0.1, 0.15) is 46.6 Å². The normalized spacial score (nSPS) is 15.5. The number of esters is 2. The zero-order valence-corrected chi connectivity index (χ0v) is 17.8. The van der Waals surface area contributed by atoms with Gasteiger partial charge in [-0.05, 0) is 61.4 Å². The number of nitrogens with zero attached hydrogens (tertiary/aromatic N) is 1. The summed E-state index contributed by atoms with van der Waals surface area (Å²) in [7, 11) is 0. The first-order valence-electron chi connectivity index (χ1n) is 9.84. The summed E-state index contributed by atoms with van der Waals surface area (Å²) < 4.78 is 10.2. The van der Waals surface area contributed by atoms with Gasteiger partial charge >= 0.3 is 11.9 Å². The lowest BCUT2D eigenvalue weighted by Gasteiger charge is -2.18. The monoisotopic (exact) mass is 428 g/mol.